The van der Waals surface area contributed by atoms with Crippen molar-refractivity contribution < 1.29 is 23.5 Å². The van der Waals surface area contributed by atoms with Crippen LogP contribution in [0.25, 0.3) is 10.6 Å². The number of carbonyl (C=O) groups excluding carboxylic acids is 2. The van der Waals surface area contributed by atoms with Crippen LogP contribution in [-0.4, -0.2) is 48.6 Å². The van der Waals surface area contributed by atoms with Crippen molar-refractivity contribution in [1.82, 2.24) is 20.0 Å². The zero-order chi connectivity index (χ0) is 19.6. The van der Waals surface area contributed by atoms with Gasteiger partial charge in [-0.2, -0.15) is 0 Å². The summed E-state index contributed by atoms with van der Waals surface area (Å²) in [7, 11) is 0. The summed E-state index contributed by atoms with van der Waals surface area (Å²) < 4.78 is 27.4. The maximum absolute atomic E-state index is 14.1. The summed E-state index contributed by atoms with van der Waals surface area (Å²) in [5.74, 6) is -3.35. The fourth-order valence-electron chi connectivity index (χ4n) is 3.80. The van der Waals surface area contributed by atoms with E-state index in [-0.39, 0.29) is 35.1 Å². The minimum absolute atomic E-state index is 0.0104. The number of benzene rings is 1. The second kappa shape index (κ2) is 5.94. The molecule has 1 aromatic heterocycles. The second-order valence-corrected chi connectivity index (χ2v) is 8.48. The van der Waals surface area contributed by atoms with Crippen LogP contribution in [-0.2, 0) is 11.3 Å². The average molecular weight is 406 g/mol. The molecule has 3 fully saturated rings. The van der Waals surface area contributed by atoms with Gasteiger partial charge in [0.25, 0.3) is 5.91 Å². The Morgan fingerprint density at radius 2 is 1.96 bits per heavy atom. The SMILES string of the molecule is O=C1N(C2CCC2)C(=O)C2(CC2)N1Cc1nnc(-c2ccc(F)c(O)c2F)s1. The summed E-state index contributed by atoms with van der Waals surface area (Å²) in [6.07, 6.45) is 3.97. The van der Waals surface area contributed by atoms with E-state index in [1.165, 1.54) is 11.0 Å². The van der Waals surface area contributed by atoms with Crippen molar-refractivity contribution in [3.63, 3.8) is 0 Å². The monoisotopic (exact) mass is 406 g/mol. The van der Waals surface area contributed by atoms with Crippen LogP contribution in [0.1, 0.15) is 37.1 Å². The minimum Gasteiger partial charge on any atom is -0.503 e. The van der Waals surface area contributed by atoms with Gasteiger partial charge >= 0.3 is 6.03 Å². The lowest BCUT2D eigenvalue weighted by molar-refractivity contribution is -0.132. The molecular formula is C18H16F2N4O3S. The molecule has 1 spiro atoms. The van der Waals surface area contributed by atoms with Gasteiger partial charge in [0.2, 0.25) is 0 Å². The van der Waals surface area contributed by atoms with Gasteiger partial charge in [0.15, 0.2) is 22.4 Å². The third-order valence-electron chi connectivity index (χ3n) is 5.79. The number of aromatic nitrogens is 2. The smallest absolute Gasteiger partial charge is 0.328 e. The average Bonchev–Trinajstić information content (AvgIpc) is 3.27. The van der Waals surface area contributed by atoms with E-state index in [1.54, 1.807) is 4.90 Å². The predicted molar refractivity (Wildman–Crippen MR) is 94.3 cm³/mol. The van der Waals surface area contributed by atoms with Gasteiger partial charge in [-0.05, 0) is 44.2 Å². The molecule has 146 valence electrons. The Labute approximate surface area is 162 Å². The Kier molecular flexibility index (Phi) is 3.71. The zero-order valence-corrected chi connectivity index (χ0v) is 15.5. The molecule has 1 aromatic carbocycles. The zero-order valence-electron chi connectivity index (χ0n) is 14.7. The van der Waals surface area contributed by atoms with Gasteiger partial charge in [0.05, 0.1) is 12.1 Å². The number of imide groups is 1. The lowest BCUT2D eigenvalue weighted by atomic mass is 9.91. The highest BCUT2D eigenvalue weighted by molar-refractivity contribution is 7.14. The largest absolute Gasteiger partial charge is 0.503 e. The lowest BCUT2D eigenvalue weighted by Gasteiger charge is -2.32. The highest BCUT2D eigenvalue weighted by Crippen LogP contribution is 2.50. The lowest BCUT2D eigenvalue weighted by Crippen LogP contribution is -2.45. The number of phenols is 1. The van der Waals surface area contributed by atoms with Crippen LogP contribution >= 0.6 is 11.3 Å². The van der Waals surface area contributed by atoms with Crippen molar-refractivity contribution in [2.75, 3.05) is 0 Å². The quantitative estimate of drug-likeness (QED) is 0.789. The number of carbonyl (C=O) groups is 2. The molecule has 2 saturated carbocycles. The van der Waals surface area contributed by atoms with Crippen molar-refractivity contribution in [3.8, 4) is 16.3 Å². The van der Waals surface area contributed by atoms with Crippen molar-refractivity contribution in [2.24, 2.45) is 0 Å². The fraction of sp³-hybridized carbons (Fsp3) is 0.444. The highest BCUT2D eigenvalue weighted by atomic mass is 32.1. The number of aromatic hydroxyl groups is 1. The number of amides is 3. The van der Waals surface area contributed by atoms with Crippen LogP contribution in [0.3, 0.4) is 0 Å². The first-order chi connectivity index (χ1) is 13.4. The van der Waals surface area contributed by atoms with Crippen molar-refractivity contribution >= 4 is 23.3 Å². The minimum atomic E-state index is -1.11. The fourth-order valence-corrected chi connectivity index (χ4v) is 4.64. The Balaban J connectivity index is 1.41. The first kappa shape index (κ1) is 17.5. The highest BCUT2D eigenvalue weighted by Gasteiger charge is 2.66. The van der Waals surface area contributed by atoms with Crippen molar-refractivity contribution in [2.45, 2.75) is 50.2 Å². The summed E-state index contributed by atoms with van der Waals surface area (Å²) in [6.45, 7) is 0.111. The molecule has 0 unspecified atom stereocenters. The molecule has 2 aromatic rings. The third-order valence-corrected chi connectivity index (χ3v) is 6.73. The maximum Gasteiger partial charge on any atom is 0.328 e. The van der Waals surface area contributed by atoms with E-state index in [2.05, 4.69) is 10.2 Å². The molecule has 0 radical (unpaired) electrons. The summed E-state index contributed by atoms with van der Waals surface area (Å²) >= 11 is 1.04. The molecule has 10 heteroatoms. The first-order valence-electron chi connectivity index (χ1n) is 9.07. The van der Waals surface area contributed by atoms with E-state index in [0.717, 1.165) is 36.7 Å². The van der Waals surface area contributed by atoms with Crippen molar-refractivity contribution in [3.05, 3.63) is 28.8 Å². The van der Waals surface area contributed by atoms with Gasteiger partial charge in [-0.15, -0.1) is 10.2 Å². The summed E-state index contributed by atoms with van der Waals surface area (Å²) in [5.41, 5.74) is -0.832. The molecule has 1 aliphatic heterocycles. The van der Waals surface area contributed by atoms with Crippen LogP contribution < -0.4 is 0 Å². The van der Waals surface area contributed by atoms with E-state index in [1.807, 2.05) is 0 Å². The number of hydrogen-bond acceptors (Lipinski definition) is 6. The summed E-state index contributed by atoms with van der Waals surface area (Å²) in [4.78, 5) is 28.6. The Morgan fingerprint density at radius 3 is 2.61 bits per heavy atom. The van der Waals surface area contributed by atoms with Gasteiger partial charge in [-0.3, -0.25) is 9.69 Å². The number of rotatable bonds is 4. The second-order valence-electron chi connectivity index (χ2n) is 7.42. The molecule has 0 bridgehead atoms. The third kappa shape index (κ3) is 2.36. The molecule has 1 N–H and O–H groups in total. The molecule has 7 nitrogen and oxygen atoms in total. The molecule has 1 saturated heterocycles. The summed E-state index contributed by atoms with van der Waals surface area (Å²) in [5, 5.41) is 18.0. The molecule has 2 heterocycles. The Bertz CT molecular complexity index is 1000. The molecular weight excluding hydrogens is 390 g/mol. The van der Waals surface area contributed by atoms with Crippen LogP contribution in [0.15, 0.2) is 12.1 Å². The molecule has 3 aliphatic rings. The van der Waals surface area contributed by atoms with E-state index >= 15 is 0 Å². The molecule has 5 rings (SSSR count). The van der Waals surface area contributed by atoms with Gasteiger partial charge in [-0.25, -0.2) is 13.6 Å². The van der Waals surface area contributed by atoms with Gasteiger partial charge in [-0.1, -0.05) is 11.3 Å². The van der Waals surface area contributed by atoms with Crippen LogP contribution in [0.4, 0.5) is 13.6 Å². The maximum atomic E-state index is 14.1. The van der Waals surface area contributed by atoms with E-state index in [0.29, 0.717) is 17.8 Å². The Hall–Kier alpha value is -2.62. The number of hydrogen-bond donors (Lipinski definition) is 1. The van der Waals surface area contributed by atoms with Crippen molar-refractivity contribution in [1.29, 1.82) is 0 Å². The van der Waals surface area contributed by atoms with Gasteiger partial charge in [0.1, 0.15) is 10.5 Å². The molecule has 2 aliphatic carbocycles. The van der Waals surface area contributed by atoms with Crippen LogP contribution in [0.2, 0.25) is 0 Å². The predicted octanol–water partition coefficient (Wildman–Crippen LogP) is 3.04. The van der Waals surface area contributed by atoms with Crippen LogP contribution in [0, 0.1) is 11.6 Å². The number of phenolic OH excluding ortho intramolecular Hbond substituents is 1. The number of urea groups is 1. The van der Waals surface area contributed by atoms with E-state index in [4.69, 9.17) is 0 Å². The number of halogens is 2. The summed E-state index contributed by atoms with van der Waals surface area (Å²) in [6, 6.07) is 1.82. The van der Waals surface area contributed by atoms with E-state index in [9.17, 15) is 23.5 Å². The van der Waals surface area contributed by atoms with Gasteiger partial charge < -0.3 is 10.0 Å². The van der Waals surface area contributed by atoms with E-state index < -0.39 is 22.9 Å². The topological polar surface area (TPSA) is 86.6 Å². The van der Waals surface area contributed by atoms with Crippen LogP contribution in [0.5, 0.6) is 5.75 Å². The first-order valence-corrected chi connectivity index (χ1v) is 9.89. The molecule has 0 atom stereocenters. The molecule has 28 heavy (non-hydrogen) atoms. The standard InChI is InChI=1S/C18H16F2N4O3S/c19-11-5-4-10(13(20)14(11)25)15-22-21-12(28-15)8-23-17(27)24(9-2-1-3-9)16(26)18(23)6-7-18/h4-5,9,25H,1-3,6-8H2. The Morgan fingerprint density at radius 1 is 1.21 bits per heavy atom. The number of nitrogens with zero attached hydrogens (tertiary/aromatic N) is 4. The van der Waals surface area contributed by atoms with Gasteiger partial charge in [0, 0.05) is 6.04 Å². The normalized spacial score (nSPS) is 20.9. The molecule has 3 amide bonds.